The van der Waals surface area contributed by atoms with E-state index in [-0.39, 0.29) is 5.75 Å². The Balaban J connectivity index is 2.24. The lowest BCUT2D eigenvalue weighted by Gasteiger charge is -2.08. The van der Waals surface area contributed by atoms with Crippen LogP contribution in [0.4, 0.5) is 0 Å². The quantitative estimate of drug-likeness (QED) is 0.756. The molecule has 0 amide bonds. The SMILES string of the molecule is CCCn1c(-c2ccc(O)c(Cl)c2)nc2cc(C)ccc21. The predicted molar refractivity (Wildman–Crippen MR) is 86.9 cm³/mol. The van der Waals surface area contributed by atoms with Crippen LogP contribution in [0.5, 0.6) is 5.75 Å². The molecule has 1 N–H and O–H groups in total. The monoisotopic (exact) mass is 300 g/mol. The summed E-state index contributed by atoms with van der Waals surface area (Å²) in [4.78, 5) is 4.76. The zero-order valence-corrected chi connectivity index (χ0v) is 12.9. The van der Waals surface area contributed by atoms with Crippen molar-refractivity contribution in [2.45, 2.75) is 26.8 Å². The van der Waals surface area contributed by atoms with E-state index in [4.69, 9.17) is 16.6 Å². The first-order chi connectivity index (χ1) is 10.1. The van der Waals surface area contributed by atoms with Crippen LogP contribution in [0.15, 0.2) is 36.4 Å². The maximum absolute atomic E-state index is 9.58. The van der Waals surface area contributed by atoms with Crippen molar-refractivity contribution in [2.24, 2.45) is 0 Å². The van der Waals surface area contributed by atoms with Crippen molar-refractivity contribution in [3.63, 3.8) is 0 Å². The number of nitrogens with zero attached hydrogens (tertiary/aromatic N) is 2. The summed E-state index contributed by atoms with van der Waals surface area (Å²) in [7, 11) is 0. The van der Waals surface area contributed by atoms with Gasteiger partial charge in [-0.1, -0.05) is 24.6 Å². The van der Waals surface area contributed by atoms with Gasteiger partial charge >= 0.3 is 0 Å². The number of aryl methyl sites for hydroxylation is 2. The number of phenolic OH excluding ortho intramolecular Hbond substituents is 1. The number of benzene rings is 2. The minimum Gasteiger partial charge on any atom is -0.506 e. The number of hydrogen-bond acceptors (Lipinski definition) is 2. The van der Waals surface area contributed by atoms with Gasteiger partial charge < -0.3 is 9.67 Å². The van der Waals surface area contributed by atoms with E-state index in [0.29, 0.717) is 5.02 Å². The highest BCUT2D eigenvalue weighted by atomic mass is 35.5. The van der Waals surface area contributed by atoms with Crippen molar-refractivity contribution in [1.82, 2.24) is 9.55 Å². The normalized spacial score (nSPS) is 11.2. The van der Waals surface area contributed by atoms with Crippen molar-refractivity contribution in [2.75, 3.05) is 0 Å². The Kier molecular flexibility index (Phi) is 3.60. The molecule has 0 bridgehead atoms. The van der Waals surface area contributed by atoms with Crippen LogP contribution < -0.4 is 0 Å². The average molecular weight is 301 g/mol. The number of fused-ring (bicyclic) bond motifs is 1. The van der Waals surface area contributed by atoms with E-state index in [1.807, 2.05) is 6.07 Å². The van der Waals surface area contributed by atoms with Crippen LogP contribution in [0, 0.1) is 6.92 Å². The summed E-state index contributed by atoms with van der Waals surface area (Å²) in [6, 6.07) is 11.5. The molecule has 0 saturated heterocycles. The van der Waals surface area contributed by atoms with Crippen molar-refractivity contribution >= 4 is 22.6 Å². The minimum atomic E-state index is 0.0920. The Bertz CT molecular complexity index is 808. The fourth-order valence-electron chi connectivity index (χ4n) is 2.56. The Morgan fingerprint density at radius 1 is 1.19 bits per heavy atom. The molecule has 3 rings (SSSR count). The molecule has 0 aliphatic rings. The van der Waals surface area contributed by atoms with Crippen LogP contribution in [-0.2, 0) is 6.54 Å². The second-order valence-electron chi connectivity index (χ2n) is 5.25. The highest BCUT2D eigenvalue weighted by Gasteiger charge is 2.13. The fourth-order valence-corrected chi connectivity index (χ4v) is 2.74. The maximum Gasteiger partial charge on any atom is 0.141 e. The van der Waals surface area contributed by atoms with Crippen LogP contribution in [0.2, 0.25) is 5.02 Å². The summed E-state index contributed by atoms with van der Waals surface area (Å²) in [5.41, 5.74) is 4.23. The van der Waals surface area contributed by atoms with E-state index in [9.17, 15) is 5.11 Å². The molecule has 0 aliphatic carbocycles. The Morgan fingerprint density at radius 3 is 2.71 bits per heavy atom. The van der Waals surface area contributed by atoms with Crippen LogP contribution in [0.25, 0.3) is 22.4 Å². The smallest absolute Gasteiger partial charge is 0.141 e. The molecule has 3 nitrogen and oxygen atoms in total. The second-order valence-corrected chi connectivity index (χ2v) is 5.65. The molecule has 0 atom stereocenters. The molecular formula is C17H17ClN2O. The summed E-state index contributed by atoms with van der Waals surface area (Å²) in [5, 5.41) is 9.93. The topological polar surface area (TPSA) is 38.0 Å². The first-order valence-corrected chi connectivity index (χ1v) is 7.43. The lowest BCUT2D eigenvalue weighted by Crippen LogP contribution is -1.99. The van der Waals surface area contributed by atoms with Crippen molar-refractivity contribution in [1.29, 1.82) is 0 Å². The number of phenols is 1. The molecule has 1 heterocycles. The van der Waals surface area contributed by atoms with E-state index in [2.05, 4.69) is 36.6 Å². The van der Waals surface area contributed by atoms with Gasteiger partial charge in [0.15, 0.2) is 0 Å². The van der Waals surface area contributed by atoms with Gasteiger partial charge in [0, 0.05) is 12.1 Å². The van der Waals surface area contributed by atoms with Gasteiger partial charge in [0.2, 0.25) is 0 Å². The molecule has 1 aromatic heterocycles. The number of aromatic hydroxyl groups is 1. The van der Waals surface area contributed by atoms with Crippen LogP contribution in [-0.4, -0.2) is 14.7 Å². The van der Waals surface area contributed by atoms with Gasteiger partial charge in [-0.2, -0.15) is 0 Å². The van der Waals surface area contributed by atoms with E-state index in [0.717, 1.165) is 35.4 Å². The third-order valence-corrected chi connectivity index (χ3v) is 3.86. The van der Waals surface area contributed by atoms with Gasteiger partial charge in [0.1, 0.15) is 11.6 Å². The zero-order chi connectivity index (χ0) is 15.0. The van der Waals surface area contributed by atoms with Crippen molar-refractivity contribution in [3.05, 3.63) is 47.0 Å². The highest BCUT2D eigenvalue weighted by Crippen LogP contribution is 2.31. The van der Waals surface area contributed by atoms with Gasteiger partial charge in [-0.25, -0.2) is 4.98 Å². The molecule has 3 aromatic rings. The van der Waals surface area contributed by atoms with E-state index in [1.165, 1.54) is 5.56 Å². The zero-order valence-electron chi connectivity index (χ0n) is 12.1. The molecular weight excluding hydrogens is 284 g/mol. The third kappa shape index (κ3) is 2.49. The molecule has 0 unspecified atom stereocenters. The number of imidazole rings is 1. The standard InChI is InChI=1S/C17H17ClN2O/c1-3-8-20-15-6-4-11(2)9-14(15)19-17(20)12-5-7-16(21)13(18)10-12/h4-7,9-10,21H,3,8H2,1-2H3. The number of aromatic nitrogens is 2. The summed E-state index contributed by atoms with van der Waals surface area (Å²) in [6.45, 7) is 5.11. The maximum atomic E-state index is 9.58. The molecule has 0 spiro atoms. The summed E-state index contributed by atoms with van der Waals surface area (Å²) in [6.07, 6.45) is 1.03. The average Bonchev–Trinajstić information content (AvgIpc) is 2.80. The lowest BCUT2D eigenvalue weighted by molar-refractivity contribution is 0.475. The Labute approximate surface area is 128 Å². The van der Waals surface area contributed by atoms with Gasteiger partial charge in [-0.05, 0) is 49.2 Å². The Morgan fingerprint density at radius 2 is 2.00 bits per heavy atom. The minimum absolute atomic E-state index is 0.0920. The molecule has 0 fully saturated rings. The van der Waals surface area contributed by atoms with Gasteiger partial charge in [-0.3, -0.25) is 0 Å². The third-order valence-electron chi connectivity index (χ3n) is 3.56. The number of rotatable bonds is 3. The Hall–Kier alpha value is -2.00. The molecule has 2 aromatic carbocycles. The van der Waals surface area contributed by atoms with Crippen molar-refractivity contribution < 1.29 is 5.11 Å². The summed E-state index contributed by atoms with van der Waals surface area (Å²) in [5.74, 6) is 0.980. The van der Waals surface area contributed by atoms with E-state index < -0.39 is 0 Å². The second kappa shape index (κ2) is 5.41. The van der Waals surface area contributed by atoms with Crippen molar-refractivity contribution in [3.8, 4) is 17.1 Å². The highest BCUT2D eigenvalue weighted by molar-refractivity contribution is 6.32. The van der Waals surface area contributed by atoms with Crippen LogP contribution >= 0.6 is 11.6 Å². The first-order valence-electron chi connectivity index (χ1n) is 7.06. The molecule has 0 aliphatic heterocycles. The molecule has 0 radical (unpaired) electrons. The molecule has 4 heteroatoms. The molecule has 0 saturated carbocycles. The summed E-state index contributed by atoms with van der Waals surface area (Å²) < 4.78 is 2.21. The van der Waals surface area contributed by atoms with Gasteiger partial charge in [0.05, 0.1) is 16.1 Å². The van der Waals surface area contributed by atoms with Crippen LogP contribution in [0.1, 0.15) is 18.9 Å². The molecule has 108 valence electrons. The van der Waals surface area contributed by atoms with E-state index in [1.54, 1.807) is 12.1 Å². The van der Waals surface area contributed by atoms with E-state index >= 15 is 0 Å². The number of hydrogen-bond donors (Lipinski definition) is 1. The predicted octanol–water partition coefficient (Wildman–Crippen LogP) is 4.78. The van der Waals surface area contributed by atoms with Gasteiger partial charge in [0.25, 0.3) is 0 Å². The number of halogens is 1. The van der Waals surface area contributed by atoms with Crippen LogP contribution in [0.3, 0.4) is 0 Å². The largest absolute Gasteiger partial charge is 0.506 e. The lowest BCUT2D eigenvalue weighted by atomic mass is 10.2. The summed E-state index contributed by atoms with van der Waals surface area (Å²) >= 11 is 6.03. The first kappa shape index (κ1) is 14.0. The molecule has 21 heavy (non-hydrogen) atoms. The van der Waals surface area contributed by atoms with Gasteiger partial charge in [-0.15, -0.1) is 0 Å². The fraction of sp³-hybridized carbons (Fsp3) is 0.235.